The van der Waals surface area contributed by atoms with Gasteiger partial charge in [0, 0.05) is 11.1 Å². The van der Waals surface area contributed by atoms with Gasteiger partial charge in [-0.15, -0.1) is 11.3 Å². The summed E-state index contributed by atoms with van der Waals surface area (Å²) >= 11 is 7.37. The third kappa shape index (κ3) is 3.05. The zero-order chi connectivity index (χ0) is 15.5. The minimum Gasteiger partial charge on any atom is -0.403 e. The molecule has 2 heterocycles. The summed E-state index contributed by atoms with van der Waals surface area (Å²) in [5.74, 6) is -0.00153. The van der Waals surface area contributed by atoms with Gasteiger partial charge in [-0.3, -0.25) is 0 Å². The monoisotopic (exact) mass is 332 g/mol. The molecule has 0 N–H and O–H groups in total. The standard InChI is InChI=1S/C16H13ClN2O2S/c1-2-12-10-15(21-16(20)14-7-4-8-22-14)19(18-12)13-6-3-5-11(17)9-13/h3-10H,2H2,1H3. The third-order valence-electron chi connectivity index (χ3n) is 3.06. The molecule has 0 saturated carbocycles. The van der Waals surface area contributed by atoms with Crippen LogP contribution < -0.4 is 4.74 Å². The number of aryl methyl sites for hydroxylation is 1. The van der Waals surface area contributed by atoms with Crippen molar-refractivity contribution in [3.63, 3.8) is 0 Å². The summed E-state index contributed by atoms with van der Waals surface area (Å²) in [4.78, 5) is 12.7. The summed E-state index contributed by atoms with van der Waals surface area (Å²) < 4.78 is 7.09. The van der Waals surface area contributed by atoms with Gasteiger partial charge < -0.3 is 4.74 Å². The Morgan fingerprint density at radius 3 is 2.86 bits per heavy atom. The molecule has 0 aliphatic heterocycles. The van der Waals surface area contributed by atoms with E-state index in [4.69, 9.17) is 16.3 Å². The van der Waals surface area contributed by atoms with Gasteiger partial charge in [0.05, 0.1) is 11.4 Å². The van der Waals surface area contributed by atoms with Crippen molar-refractivity contribution in [3.8, 4) is 11.6 Å². The molecule has 6 heteroatoms. The molecule has 2 aromatic heterocycles. The molecule has 0 spiro atoms. The number of hydrogen-bond donors (Lipinski definition) is 0. The van der Waals surface area contributed by atoms with Gasteiger partial charge in [0.25, 0.3) is 0 Å². The van der Waals surface area contributed by atoms with Crippen molar-refractivity contribution >= 4 is 28.9 Å². The highest BCUT2D eigenvalue weighted by Gasteiger charge is 2.16. The van der Waals surface area contributed by atoms with E-state index in [-0.39, 0.29) is 5.97 Å². The minimum atomic E-state index is -0.388. The van der Waals surface area contributed by atoms with Gasteiger partial charge >= 0.3 is 5.97 Å². The van der Waals surface area contributed by atoms with Crippen molar-refractivity contribution in [3.05, 3.63) is 63.4 Å². The molecule has 0 atom stereocenters. The zero-order valence-corrected chi connectivity index (χ0v) is 13.4. The molecule has 0 unspecified atom stereocenters. The molecule has 3 rings (SSSR count). The number of carbonyl (C=O) groups excluding carboxylic acids is 1. The second kappa shape index (κ2) is 6.34. The molecule has 0 amide bonds. The Bertz CT molecular complexity index is 796. The molecular formula is C16H13ClN2O2S. The number of ether oxygens (including phenoxy) is 1. The van der Waals surface area contributed by atoms with E-state index in [1.807, 2.05) is 30.5 Å². The summed E-state index contributed by atoms with van der Waals surface area (Å²) in [5, 5.41) is 6.89. The lowest BCUT2D eigenvalue weighted by Crippen LogP contribution is -2.10. The lowest BCUT2D eigenvalue weighted by Gasteiger charge is -2.07. The lowest BCUT2D eigenvalue weighted by molar-refractivity contribution is 0.0728. The van der Waals surface area contributed by atoms with Crippen LogP contribution in [0.2, 0.25) is 5.02 Å². The topological polar surface area (TPSA) is 44.1 Å². The van der Waals surface area contributed by atoms with Crippen LogP contribution >= 0.6 is 22.9 Å². The second-order valence-corrected chi connectivity index (χ2v) is 5.97. The van der Waals surface area contributed by atoms with Crippen molar-refractivity contribution in [1.82, 2.24) is 9.78 Å². The smallest absolute Gasteiger partial charge is 0.355 e. The SMILES string of the molecule is CCc1cc(OC(=O)c2cccs2)n(-c2cccc(Cl)c2)n1. The number of carbonyl (C=O) groups is 1. The Hall–Kier alpha value is -2.11. The molecule has 4 nitrogen and oxygen atoms in total. The Morgan fingerprint density at radius 2 is 2.18 bits per heavy atom. The quantitative estimate of drug-likeness (QED) is 0.666. The molecule has 0 saturated heterocycles. The summed E-state index contributed by atoms with van der Waals surface area (Å²) in [6, 6.07) is 12.6. The van der Waals surface area contributed by atoms with E-state index in [0.29, 0.717) is 15.8 Å². The number of thiophene rings is 1. The summed E-state index contributed by atoms with van der Waals surface area (Å²) in [6.45, 7) is 2.00. The molecule has 112 valence electrons. The normalized spacial score (nSPS) is 10.6. The predicted molar refractivity (Wildman–Crippen MR) is 87.2 cm³/mol. The number of aromatic nitrogens is 2. The fraction of sp³-hybridized carbons (Fsp3) is 0.125. The molecule has 0 fully saturated rings. The van der Waals surface area contributed by atoms with Gasteiger partial charge in [-0.2, -0.15) is 5.10 Å². The van der Waals surface area contributed by atoms with E-state index in [0.717, 1.165) is 17.8 Å². The van der Waals surface area contributed by atoms with Crippen molar-refractivity contribution in [2.45, 2.75) is 13.3 Å². The summed E-state index contributed by atoms with van der Waals surface area (Å²) in [6.07, 6.45) is 0.747. The average molecular weight is 333 g/mol. The Morgan fingerprint density at radius 1 is 1.32 bits per heavy atom. The Labute approximate surface area is 136 Å². The van der Waals surface area contributed by atoms with Crippen molar-refractivity contribution < 1.29 is 9.53 Å². The number of halogens is 1. The second-order valence-electron chi connectivity index (χ2n) is 4.59. The molecule has 0 aliphatic rings. The Kier molecular flexibility index (Phi) is 4.27. The summed E-state index contributed by atoms with van der Waals surface area (Å²) in [7, 11) is 0. The first-order chi connectivity index (χ1) is 10.7. The van der Waals surface area contributed by atoms with Crippen LogP contribution in [-0.4, -0.2) is 15.7 Å². The van der Waals surface area contributed by atoms with E-state index in [1.54, 1.807) is 28.9 Å². The number of esters is 1. The highest BCUT2D eigenvalue weighted by molar-refractivity contribution is 7.12. The molecule has 0 bridgehead atoms. The van der Waals surface area contributed by atoms with Gasteiger partial charge in [-0.05, 0) is 36.1 Å². The van der Waals surface area contributed by atoms with Crippen LogP contribution in [0.4, 0.5) is 0 Å². The van der Waals surface area contributed by atoms with Crippen molar-refractivity contribution in [1.29, 1.82) is 0 Å². The van der Waals surface area contributed by atoms with Gasteiger partial charge in [0.15, 0.2) is 0 Å². The molecule has 22 heavy (non-hydrogen) atoms. The largest absolute Gasteiger partial charge is 0.403 e. The lowest BCUT2D eigenvalue weighted by atomic mass is 10.3. The molecular weight excluding hydrogens is 320 g/mol. The fourth-order valence-electron chi connectivity index (χ4n) is 1.99. The van der Waals surface area contributed by atoms with Crippen LogP contribution in [0.15, 0.2) is 47.8 Å². The van der Waals surface area contributed by atoms with Crippen LogP contribution in [0.25, 0.3) is 5.69 Å². The molecule has 3 aromatic rings. The molecule has 0 radical (unpaired) electrons. The fourth-order valence-corrected chi connectivity index (χ4v) is 2.77. The number of benzene rings is 1. The first kappa shape index (κ1) is 14.8. The predicted octanol–water partition coefficient (Wildman–Crippen LogP) is 4.37. The zero-order valence-electron chi connectivity index (χ0n) is 11.8. The summed E-state index contributed by atoms with van der Waals surface area (Å²) in [5.41, 5.74) is 1.59. The maximum atomic E-state index is 12.1. The van der Waals surface area contributed by atoms with E-state index >= 15 is 0 Å². The van der Waals surface area contributed by atoms with Crippen LogP contribution in [0, 0.1) is 0 Å². The molecule has 0 aliphatic carbocycles. The minimum absolute atomic E-state index is 0.387. The highest BCUT2D eigenvalue weighted by atomic mass is 35.5. The highest BCUT2D eigenvalue weighted by Crippen LogP contribution is 2.23. The van der Waals surface area contributed by atoms with Gasteiger partial charge in [-0.1, -0.05) is 30.7 Å². The maximum Gasteiger partial charge on any atom is 0.355 e. The van der Waals surface area contributed by atoms with Gasteiger partial charge in [-0.25, -0.2) is 9.48 Å². The van der Waals surface area contributed by atoms with Crippen LogP contribution in [0.5, 0.6) is 5.88 Å². The van der Waals surface area contributed by atoms with E-state index in [1.165, 1.54) is 11.3 Å². The first-order valence-corrected chi connectivity index (χ1v) is 8.03. The average Bonchev–Trinajstić information content (AvgIpc) is 3.16. The van der Waals surface area contributed by atoms with Crippen molar-refractivity contribution in [2.24, 2.45) is 0 Å². The van der Waals surface area contributed by atoms with Crippen LogP contribution in [0.1, 0.15) is 22.3 Å². The number of nitrogens with zero attached hydrogens (tertiary/aromatic N) is 2. The van der Waals surface area contributed by atoms with Crippen LogP contribution in [-0.2, 0) is 6.42 Å². The van der Waals surface area contributed by atoms with E-state index in [2.05, 4.69) is 5.10 Å². The maximum absolute atomic E-state index is 12.1. The van der Waals surface area contributed by atoms with Gasteiger partial charge in [0.2, 0.25) is 5.88 Å². The van der Waals surface area contributed by atoms with Crippen LogP contribution in [0.3, 0.4) is 0 Å². The van der Waals surface area contributed by atoms with Crippen molar-refractivity contribution in [2.75, 3.05) is 0 Å². The number of rotatable bonds is 4. The van der Waals surface area contributed by atoms with Gasteiger partial charge in [0.1, 0.15) is 4.88 Å². The Balaban J connectivity index is 1.97. The molecule has 1 aromatic carbocycles. The number of hydrogen-bond acceptors (Lipinski definition) is 4. The van der Waals surface area contributed by atoms with E-state index in [9.17, 15) is 4.79 Å². The first-order valence-electron chi connectivity index (χ1n) is 6.78. The van der Waals surface area contributed by atoms with E-state index < -0.39 is 0 Å². The third-order valence-corrected chi connectivity index (χ3v) is 4.15.